The monoisotopic (exact) mass is 342 g/mol. The molecule has 0 bridgehead atoms. The molecule has 0 spiro atoms. The van der Waals surface area contributed by atoms with Crippen molar-refractivity contribution in [1.82, 2.24) is 9.55 Å². The maximum absolute atomic E-state index is 12.7. The number of nitrogens with one attached hydrogen (secondary N) is 1. The van der Waals surface area contributed by atoms with E-state index in [4.69, 9.17) is 5.73 Å². The number of benzene rings is 1. The van der Waals surface area contributed by atoms with Gasteiger partial charge in [0.05, 0.1) is 5.41 Å². The van der Waals surface area contributed by atoms with Crippen LogP contribution in [0.2, 0.25) is 0 Å². The van der Waals surface area contributed by atoms with E-state index >= 15 is 0 Å². The summed E-state index contributed by atoms with van der Waals surface area (Å²) in [5.74, 6) is 1.44. The van der Waals surface area contributed by atoms with Gasteiger partial charge in [0.1, 0.15) is 5.82 Å². The summed E-state index contributed by atoms with van der Waals surface area (Å²) in [7, 11) is 0. The van der Waals surface area contributed by atoms with E-state index in [-0.39, 0.29) is 5.91 Å². The number of rotatable bonds is 8. The van der Waals surface area contributed by atoms with Crippen molar-refractivity contribution in [2.75, 3.05) is 11.9 Å². The van der Waals surface area contributed by atoms with Gasteiger partial charge in [0.15, 0.2) is 0 Å². The molecule has 0 saturated carbocycles. The Morgan fingerprint density at radius 3 is 2.64 bits per heavy atom. The molecular weight excluding hydrogens is 312 g/mol. The van der Waals surface area contributed by atoms with Crippen LogP contribution in [0.3, 0.4) is 0 Å². The lowest BCUT2D eigenvalue weighted by molar-refractivity contribution is -0.125. The van der Waals surface area contributed by atoms with Gasteiger partial charge in [-0.05, 0) is 30.5 Å². The van der Waals surface area contributed by atoms with E-state index < -0.39 is 5.41 Å². The molecule has 1 amide bonds. The van der Waals surface area contributed by atoms with Crippen LogP contribution in [-0.4, -0.2) is 22.0 Å². The smallest absolute Gasteiger partial charge is 0.231 e. The highest BCUT2D eigenvalue weighted by Gasteiger charge is 2.33. The Bertz CT molecular complexity index is 693. The number of carbonyl (C=O) groups excluding carboxylic acids is 1. The highest BCUT2D eigenvalue weighted by molar-refractivity contribution is 5.95. The molecule has 5 nitrogen and oxygen atoms in total. The lowest BCUT2D eigenvalue weighted by Crippen LogP contribution is -2.41. The van der Waals surface area contributed by atoms with Crippen LogP contribution in [0.25, 0.3) is 0 Å². The second kappa shape index (κ2) is 8.30. The van der Waals surface area contributed by atoms with Gasteiger partial charge in [0.2, 0.25) is 5.91 Å². The first kappa shape index (κ1) is 19.2. The average Bonchev–Trinajstić information content (AvgIpc) is 3.06. The molecule has 1 aromatic heterocycles. The number of hydrogen-bond acceptors (Lipinski definition) is 3. The highest BCUT2D eigenvalue weighted by Crippen LogP contribution is 2.27. The molecule has 1 heterocycles. The number of anilines is 1. The third-order valence-corrected chi connectivity index (χ3v) is 5.03. The Morgan fingerprint density at radius 1 is 1.32 bits per heavy atom. The molecule has 136 valence electrons. The van der Waals surface area contributed by atoms with E-state index in [2.05, 4.69) is 34.8 Å². The van der Waals surface area contributed by atoms with Crippen LogP contribution in [0.5, 0.6) is 0 Å². The fourth-order valence-corrected chi connectivity index (χ4v) is 3.12. The van der Waals surface area contributed by atoms with Crippen molar-refractivity contribution in [3.63, 3.8) is 0 Å². The number of aromatic nitrogens is 2. The van der Waals surface area contributed by atoms with Crippen molar-refractivity contribution in [3.8, 4) is 0 Å². The zero-order chi connectivity index (χ0) is 18.4. The van der Waals surface area contributed by atoms with Gasteiger partial charge in [-0.2, -0.15) is 0 Å². The van der Waals surface area contributed by atoms with E-state index in [1.54, 1.807) is 0 Å². The van der Waals surface area contributed by atoms with Gasteiger partial charge < -0.3 is 15.6 Å². The lowest BCUT2D eigenvalue weighted by Gasteiger charge is -2.28. The van der Waals surface area contributed by atoms with Crippen molar-refractivity contribution in [1.29, 1.82) is 0 Å². The van der Waals surface area contributed by atoms with E-state index in [1.807, 2.05) is 44.4 Å². The summed E-state index contributed by atoms with van der Waals surface area (Å²) in [5.41, 5.74) is 7.32. The summed E-state index contributed by atoms with van der Waals surface area (Å²) >= 11 is 0. The van der Waals surface area contributed by atoms with Crippen molar-refractivity contribution in [3.05, 3.63) is 48.0 Å². The topological polar surface area (TPSA) is 72.9 Å². The first-order valence-electron chi connectivity index (χ1n) is 9.07. The SMILES string of the molecule is CCC(CC)(CN)C(=O)Nc1cccc(Cn2ccnc2C(C)C)c1. The van der Waals surface area contributed by atoms with Crippen LogP contribution >= 0.6 is 0 Å². The minimum atomic E-state index is -0.495. The van der Waals surface area contributed by atoms with Crippen LogP contribution in [0.4, 0.5) is 5.69 Å². The van der Waals surface area contributed by atoms with Crippen molar-refractivity contribution in [2.45, 2.75) is 53.0 Å². The molecular formula is C20H30N4O. The van der Waals surface area contributed by atoms with E-state index in [9.17, 15) is 4.79 Å². The fourth-order valence-electron chi connectivity index (χ4n) is 3.12. The van der Waals surface area contributed by atoms with Crippen molar-refractivity contribution in [2.24, 2.45) is 11.1 Å². The molecule has 0 aliphatic rings. The quantitative estimate of drug-likeness (QED) is 0.767. The number of amides is 1. The van der Waals surface area contributed by atoms with Gasteiger partial charge in [-0.15, -0.1) is 0 Å². The van der Waals surface area contributed by atoms with Crippen LogP contribution in [0.1, 0.15) is 57.8 Å². The highest BCUT2D eigenvalue weighted by atomic mass is 16.2. The standard InChI is InChI=1S/C20H30N4O/c1-5-20(6-2,14-21)19(25)23-17-9-7-8-16(12-17)13-24-11-10-22-18(24)15(3)4/h7-12,15H,5-6,13-14,21H2,1-4H3,(H,23,25). The minimum Gasteiger partial charge on any atom is -0.330 e. The normalized spacial score (nSPS) is 11.8. The summed E-state index contributed by atoms with van der Waals surface area (Å²) in [6, 6.07) is 7.98. The molecule has 2 aromatic rings. The van der Waals surface area contributed by atoms with E-state index in [1.165, 1.54) is 0 Å². The Balaban J connectivity index is 2.16. The number of carbonyl (C=O) groups is 1. The molecule has 0 atom stereocenters. The number of nitrogens with two attached hydrogens (primary N) is 1. The van der Waals surface area contributed by atoms with Gasteiger partial charge in [-0.3, -0.25) is 4.79 Å². The fraction of sp³-hybridized carbons (Fsp3) is 0.500. The predicted molar refractivity (Wildman–Crippen MR) is 103 cm³/mol. The summed E-state index contributed by atoms with van der Waals surface area (Å²) < 4.78 is 2.15. The molecule has 1 aromatic carbocycles. The van der Waals surface area contributed by atoms with Crippen molar-refractivity contribution < 1.29 is 4.79 Å². The average molecular weight is 342 g/mol. The molecule has 0 aliphatic carbocycles. The molecule has 0 fully saturated rings. The Morgan fingerprint density at radius 2 is 2.04 bits per heavy atom. The third-order valence-electron chi connectivity index (χ3n) is 5.03. The molecule has 0 radical (unpaired) electrons. The maximum atomic E-state index is 12.7. The van der Waals surface area contributed by atoms with Gasteiger partial charge >= 0.3 is 0 Å². The predicted octanol–water partition coefficient (Wildman–Crippen LogP) is 3.76. The summed E-state index contributed by atoms with van der Waals surface area (Å²) in [6.07, 6.45) is 5.30. The minimum absolute atomic E-state index is 0.00245. The Kier molecular flexibility index (Phi) is 6.37. The van der Waals surface area contributed by atoms with Crippen LogP contribution in [-0.2, 0) is 11.3 Å². The first-order chi connectivity index (χ1) is 12.0. The third kappa shape index (κ3) is 4.28. The maximum Gasteiger partial charge on any atom is 0.231 e. The molecule has 5 heteroatoms. The number of hydrogen-bond donors (Lipinski definition) is 2. The molecule has 0 saturated heterocycles. The summed E-state index contributed by atoms with van der Waals surface area (Å²) in [4.78, 5) is 17.1. The Labute approximate surface area is 150 Å². The van der Waals surface area contributed by atoms with Crippen molar-refractivity contribution >= 4 is 11.6 Å². The largest absolute Gasteiger partial charge is 0.330 e. The second-order valence-electron chi connectivity index (χ2n) is 6.91. The zero-order valence-electron chi connectivity index (χ0n) is 15.7. The molecule has 0 aliphatic heterocycles. The van der Waals surface area contributed by atoms with Crippen LogP contribution in [0, 0.1) is 5.41 Å². The van der Waals surface area contributed by atoms with Gasteiger partial charge in [-0.25, -0.2) is 4.98 Å². The number of imidazole rings is 1. The molecule has 25 heavy (non-hydrogen) atoms. The van der Waals surface area contributed by atoms with Gasteiger partial charge in [0.25, 0.3) is 0 Å². The second-order valence-corrected chi connectivity index (χ2v) is 6.91. The summed E-state index contributed by atoms with van der Waals surface area (Å²) in [6.45, 7) is 9.39. The van der Waals surface area contributed by atoms with Crippen LogP contribution in [0.15, 0.2) is 36.7 Å². The zero-order valence-corrected chi connectivity index (χ0v) is 15.7. The lowest BCUT2D eigenvalue weighted by atomic mass is 9.81. The molecule has 2 rings (SSSR count). The first-order valence-corrected chi connectivity index (χ1v) is 9.07. The molecule has 0 unspecified atom stereocenters. The van der Waals surface area contributed by atoms with E-state index in [0.717, 1.165) is 36.5 Å². The van der Waals surface area contributed by atoms with Gasteiger partial charge in [0, 0.05) is 37.1 Å². The molecule has 3 N–H and O–H groups in total. The van der Waals surface area contributed by atoms with E-state index in [0.29, 0.717) is 12.5 Å². The number of nitrogens with zero attached hydrogens (tertiary/aromatic N) is 2. The van der Waals surface area contributed by atoms with Crippen LogP contribution < -0.4 is 11.1 Å². The van der Waals surface area contributed by atoms with Gasteiger partial charge in [-0.1, -0.05) is 39.8 Å². The Hall–Kier alpha value is -2.14. The summed E-state index contributed by atoms with van der Waals surface area (Å²) in [5, 5.41) is 3.05.